The first kappa shape index (κ1) is 15.0. The van der Waals surface area contributed by atoms with Crippen LogP contribution in [0.3, 0.4) is 0 Å². The van der Waals surface area contributed by atoms with Crippen LogP contribution in [0.15, 0.2) is 0 Å². The second-order valence-electron chi connectivity index (χ2n) is 6.02. The number of carbonyl (C=O) groups excluding carboxylic acids is 1. The highest BCUT2D eigenvalue weighted by molar-refractivity contribution is 7.99. The third-order valence-corrected chi connectivity index (χ3v) is 5.41. The van der Waals surface area contributed by atoms with Crippen LogP contribution in [-0.2, 0) is 0 Å². The minimum Gasteiger partial charge on any atom is -0.335 e. The van der Waals surface area contributed by atoms with E-state index < -0.39 is 0 Å². The van der Waals surface area contributed by atoms with Crippen molar-refractivity contribution in [2.75, 3.05) is 32.1 Å². The van der Waals surface area contributed by atoms with E-state index in [1.165, 1.54) is 12.2 Å². The van der Waals surface area contributed by atoms with Crippen molar-refractivity contribution < 1.29 is 4.79 Å². The molecule has 1 heterocycles. The third-order valence-electron chi connectivity index (χ3n) is 4.41. The van der Waals surface area contributed by atoms with Gasteiger partial charge in [0.2, 0.25) is 0 Å². The summed E-state index contributed by atoms with van der Waals surface area (Å²) in [6.45, 7) is 3.06. The minimum absolute atomic E-state index is 0.152. The van der Waals surface area contributed by atoms with Crippen molar-refractivity contribution in [3.05, 3.63) is 0 Å². The van der Waals surface area contributed by atoms with Gasteiger partial charge in [0.1, 0.15) is 0 Å². The topological polar surface area (TPSA) is 35.6 Å². The summed E-state index contributed by atoms with van der Waals surface area (Å²) in [6.07, 6.45) is 4.52. The fourth-order valence-corrected chi connectivity index (χ4v) is 4.05. The molecule has 2 aliphatic rings. The van der Waals surface area contributed by atoms with E-state index in [-0.39, 0.29) is 6.03 Å². The van der Waals surface area contributed by atoms with E-state index in [1.807, 2.05) is 16.7 Å². The van der Waals surface area contributed by atoms with Gasteiger partial charge in [0.05, 0.1) is 0 Å². The maximum absolute atomic E-state index is 12.4. The maximum Gasteiger partial charge on any atom is 0.317 e. The Morgan fingerprint density at radius 2 is 2.05 bits per heavy atom. The monoisotopic (exact) mass is 285 g/mol. The first-order chi connectivity index (χ1) is 9.08. The molecule has 2 rings (SSSR count). The van der Waals surface area contributed by atoms with Gasteiger partial charge in [-0.3, -0.25) is 0 Å². The summed E-state index contributed by atoms with van der Waals surface area (Å²) in [7, 11) is 4.26. The highest BCUT2D eigenvalue weighted by atomic mass is 32.2. The standard InChI is InChI=1S/C14H27N3OS/c1-11-6-8-19-9-7-17(11)14(18)15-12-4-5-13(10-12)16(2)3/h11-13H,4-10H2,1-3H3,(H,15,18)/t11-,12+,13-/m1/s1. The normalized spacial score (nSPS) is 32.4. The Labute approximate surface area is 121 Å². The predicted molar refractivity (Wildman–Crippen MR) is 81.8 cm³/mol. The molecular weight excluding hydrogens is 258 g/mol. The molecule has 2 amide bonds. The van der Waals surface area contributed by atoms with Gasteiger partial charge in [-0.05, 0) is 52.5 Å². The van der Waals surface area contributed by atoms with Crippen LogP contribution in [-0.4, -0.2) is 66.1 Å². The average molecular weight is 285 g/mol. The Balaban J connectivity index is 1.83. The number of amides is 2. The molecule has 0 bridgehead atoms. The summed E-state index contributed by atoms with van der Waals surface area (Å²) in [6, 6.07) is 1.52. The molecule has 1 aliphatic carbocycles. The zero-order valence-electron chi connectivity index (χ0n) is 12.4. The molecule has 1 N–H and O–H groups in total. The lowest BCUT2D eigenvalue weighted by atomic mass is 10.2. The van der Waals surface area contributed by atoms with E-state index in [1.54, 1.807) is 0 Å². The summed E-state index contributed by atoms with van der Waals surface area (Å²) in [4.78, 5) is 16.7. The van der Waals surface area contributed by atoms with Crippen molar-refractivity contribution in [1.82, 2.24) is 15.1 Å². The quantitative estimate of drug-likeness (QED) is 0.843. The predicted octanol–water partition coefficient (Wildman–Crippen LogP) is 2.01. The maximum atomic E-state index is 12.4. The molecule has 5 heteroatoms. The fourth-order valence-electron chi connectivity index (χ4n) is 3.01. The lowest BCUT2D eigenvalue weighted by Crippen LogP contribution is -2.48. The zero-order chi connectivity index (χ0) is 13.8. The summed E-state index contributed by atoms with van der Waals surface area (Å²) < 4.78 is 0. The Morgan fingerprint density at radius 3 is 2.74 bits per heavy atom. The second kappa shape index (κ2) is 6.84. The Morgan fingerprint density at radius 1 is 1.26 bits per heavy atom. The number of thioether (sulfide) groups is 1. The van der Waals surface area contributed by atoms with Crippen LogP contribution in [0.1, 0.15) is 32.6 Å². The fraction of sp³-hybridized carbons (Fsp3) is 0.929. The zero-order valence-corrected chi connectivity index (χ0v) is 13.2. The van der Waals surface area contributed by atoms with E-state index in [0.717, 1.165) is 31.6 Å². The average Bonchev–Trinajstić information content (AvgIpc) is 2.71. The van der Waals surface area contributed by atoms with Crippen molar-refractivity contribution in [2.24, 2.45) is 0 Å². The number of hydrogen-bond donors (Lipinski definition) is 1. The number of carbonyl (C=O) groups is 1. The molecule has 110 valence electrons. The first-order valence-electron chi connectivity index (χ1n) is 7.39. The molecule has 0 unspecified atom stereocenters. The lowest BCUT2D eigenvalue weighted by molar-refractivity contribution is 0.178. The molecule has 0 spiro atoms. The summed E-state index contributed by atoms with van der Waals surface area (Å²) >= 11 is 1.96. The SMILES string of the molecule is C[C@@H]1CCSCCN1C(=O)N[C@H]1CC[C@@H](N(C)C)C1. The Bertz CT molecular complexity index is 311. The van der Waals surface area contributed by atoms with Crippen molar-refractivity contribution in [2.45, 2.75) is 50.7 Å². The Hall–Kier alpha value is -0.420. The lowest BCUT2D eigenvalue weighted by Gasteiger charge is -2.29. The van der Waals surface area contributed by atoms with Gasteiger partial charge in [-0.2, -0.15) is 11.8 Å². The molecule has 0 aromatic heterocycles. The number of hydrogen-bond acceptors (Lipinski definition) is 3. The van der Waals surface area contributed by atoms with Crippen LogP contribution in [0.4, 0.5) is 4.79 Å². The van der Waals surface area contributed by atoms with E-state index in [2.05, 4.69) is 31.2 Å². The minimum atomic E-state index is 0.152. The highest BCUT2D eigenvalue weighted by Gasteiger charge is 2.29. The van der Waals surface area contributed by atoms with Gasteiger partial charge in [0.25, 0.3) is 0 Å². The van der Waals surface area contributed by atoms with Crippen LogP contribution >= 0.6 is 11.8 Å². The van der Waals surface area contributed by atoms with Gasteiger partial charge in [-0.1, -0.05) is 0 Å². The van der Waals surface area contributed by atoms with Crippen molar-refractivity contribution in [3.8, 4) is 0 Å². The van der Waals surface area contributed by atoms with Gasteiger partial charge < -0.3 is 15.1 Å². The van der Waals surface area contributed by atoms with Gasteiger partial charge in [-0.15, -0.1) is 0 Å². The van der Waals surface area contributed by atoms with E-state index in [0.29, 0.717) is 18.1 Å². The van der Waals surface area contributed by atoms with Crippen molar-refractivity contribution in [3.63, 3.8) is 0 Å². The molecule has 0 aromatic carbocycles. The number of urea groups is 1. The van der Waals surface area contributed by atoms with Crippen molar-refractivity contribution in [1.29, 1.82) is 0 Å². The largest absolute Gasteiger partial charge is 0.335 e. The van der Waals surface area contributed by atoms with Crippen LogP contribution < -0.4 is 5.32 Å². The van der Waals surface area contributed by atoms with Crippen LogP contribution in [0.25, 0.3) is 0 Å². The van der Waals surface area contributed by atoms with Crippen LogP contribution in [0.5, 0.6) is 0 Å². The second-order valence-corrected chi connectivity index (χ2v) is 7.25. The molecule has 1 saturated heterocycles. The van der Waals surface area contributed by atoms with E-state index in [4.69, 9.17) is 0 Å². The molecule has 0 aromatic rings. The van der Waals surface area contributed by atoms with Gasteiger partial charge in [0, 0.05) is 30.4 Å². The van der Waals surface area contributed by atoms with E-state index in [9.17, 15) is 4.79 Å². The third kappa shape index (κ3) is 4.02. The molecule has 19 heavy (non-hydrogen) atoms. The summed E-state index contributed by atoms with van der Waals surface area (Å²) in [5, 5.41) is 3.24. The smallest absolute Gasteiger partial charge is 0.317 e. The molecule has 4 nitrogen and oxygen atoms in total. The van der Waals surface area contributed by atoms with Crippen molar-refractivity contribution >= 4 is 17.8 Å². The van der Waals surface area contributed by atoms with Gasteiger partial charge in [-0.25, -0.2) is 4.79 Å². The van der Waals surface area contributed by atoms with Gasteiger partial charge >= 0.3 is 6.03 Å². The Kier molecular flexibility index (Phi) is 5.39. The van der Waals surface area contributed by atoms with Crippen LogP contribution in [0, 0.1) is 0 Å². The van der Waals surface area contributed by atoms with E-state index >= 15 is 0 Å². The summed E-state index contributed by atoms with van der Waals surface area (Å²) in [5.74, 6) is 2.25. The number of rotatable bonds is 2. The first-order valence-corrected chi connectivity index (χ1v) is 8.54. The molecule has 1 saturated carbocycles. The van der Waals surface area contributed by atoms with Crippen LogP contribution in [0.2, 0.25) is 0 Å². The number of nitrogens with one attached hydrogen (secondary N) is 1. The highest BCUT2D eigenvalue weighted by Crippen LogP contribution is 2.23. The molecule has 1 aliphatic heterocycles. The molecule has 3 atom stereocenters. The summed E-state index contributed by atoms with van der Waals surface area (Å²) in [5.41, 5.74) is 0. The molecular formula is C14H27N3OS. The van der Waals surface area contributed by atoms with Gasteiger partial charge in [0.15, 0.2) is 0 Å². The molecule has 0 radical (unpaired) electrons. The molecule has 2 fully saturated rings. The number of nitrogens with zero attached hydrogens (tertiary/aromatic N) is 2.